The van der Waals surface area contributed by atoms with Gasteiger partial charge in [-0.05, 0) is 19.9 Å². The summed E-state index contributed by atoms with van der Waals surface area (Å²) < 4.78 is 11.1. The molecule has 0 spiro atoms. The minimum absolute atomic E-state index is 0.297. The maximum absolute atomic E-state index is 5.55. The Labute approximate surface area is 132 Å². The van der Waals surface area contributed by atoms with Gasteiger partial charge in [0.1, 0.15) is 0 Å². The van der Waals surface area contributed by atoms with E-state index in [2.05, 4.69) is 27.0 Å². The quantitative estimate of drug-likeness (QED) is 0.827. The fourth-order valence-electron chi connectivity index (χ4n) is 4.01. The minimum atomic E-state index is 0.297. The summed E-state index contributed by atoms with van der Waals surface area (Å²) in [6, 6.07) is 0. The van der Waals surface area contributed by atoms with Gasteiger partial charge in [0.25, 0.3) is 0 Å². The van der Waals surface area contributed by atoms with Crippen LogP contribution in [-0.2, 0) is 11.3 Å². The van der Waals surface area contributed by atoms with Crippen LogP contribution in [0.2, 0.25) is 0 Å². The molecule has 0 aromatic carbocycles. The molecular formula is C16H28N4O2. The van der Waals surface area contributed by atoms with E-state index in [0.29, 0.717) is 17.3 Å². The van der Waals surface area contributed by atoms with Gasteiger partial charge < -0.3 is 9.15 Å². The molecule has 6 nitrogen and oxygen atoms in total. The van der Waals surface area contributed by atoms with Crippen molar-refractivity contribution in [2.75, 3.05) is 39.9 Å². The molecule has 3 rings (SSSR count). The molecular weight excluding hydrogens is 280 g/mol. The molecule has 1 aliphatic heterocycles. The zero-order chi connectivity index (χ0) is 15.4. The molecule has 1 saturated heterocycles. The highest BCUT2D eigenvalue weighted by atomic mass is 16.5. The summed E-state index contributed by atoms with van der Waals surface area (Å²) in [5.74, 6) is 1.36. The maximum Gasteiger partial charge on any atom is 0.230 e. The lowest BCUT2D eigenvalue weighted by Crippen LogP contribution is -2.59. The normalized spacial score (nSPS) is 23.0. The van der Waals surface area contributed by atoms with Crippen LogP contribution in [0.5, 0.6) is 0 Å². The summed E-state index contributed by atoms with van der Waals surface area (Å²) >= 11 is 0. The van der Waals surface area contributed by atoms with Crippen molar-refractivity contribution < 1.29 is 9.15 Å². The van der Waals surface area contributed by atoms with Gasteiger partial charge in [-0.2, -0.15) is 0 Å². The number of aryl methyl sites for hydroxylation is 1. The standard InChI is InChI=1S/C16H28N4O2/c1-14-17-18-15(22-14)12-19(2)13-16(6-4-3-5-7-16)20-8-10-21-11-9-20/h3-13H2,1-2H3. The molecule has 0 unspecified atom stereocenters. The lowest BCUT2D eigenvalue weighted by molar-refractivity contribution is -0.0497. The van der Waals surface area contributed by atoms with Crippen LogP contribution < -0.4 is 0 Å². The van der Waals surface area contributed by atoms with E-state index in [0.717, 1.165) is 39.4 Å². The Bertz CT molecular complexity index is 464. The molecule has 1 saturated carbocycles. The average molecular weight is 308 g/mol. The fourth-order valence-corrected chi connectivity index (χ4v) is 4.01. The highest BCUT2D eigenvalue weighted by Gasteiger charge is 2.39. The summed E-state index contributed by atoms with van der Waals surface area (Å²) in [6.45, 7) is 7.50. The van der Waals surface area contributed by atoms with Crippen LogP contribution in [-0.4, -0.2) is 65.4 Å². The number of ether oxygens (including phenoxy) is 1. The lowest BCUT2D eigenvalue weighted by atomic mass is 9.79. The van der Waals surface area contributed by atoms with Gasteiger partial charge in [0.2, 0.25) is 11.8 Å². The number of hydrogen-bond donors (Lipinski definition) is 0. The molecule has 0 radical (unpaired) electrons. The second-order valence-corrected chi connectivity index (χ2v) is 6.77. The molecule has 2 fully saturated rings. The van der Waals surface area contributed by atoms with Gasteiger partial charge in [-0.1, -0.05) is 19.3 Å². The van der Waals surface area contributed by atoms with Crippen LogP contribution in [0.4, 0.5) is 0 Å². The van der Waals surface area contributed by atoms with E-state index in [1.807, 2.05) is 6.92 Å². The average Bonchev–Trinajstić information content (AvgIpc) is 2.94. The third-order valence-electron chi connectivity index (χ3n) is 5.00. The van der Waals surface area contributed by atoms with E-state index in [9.17, 15) is 0 Å². The van der Waals surface area contributed by atoms with E-state index in [4.69, 9.17) is 9.15 Å². The fraction of sp³-hybridized carbons (Fsp3) is 0.875. The predicted octanol–water partition coefficient (Wildman–Crippen LogP) is 1.84. The Kier molecular flexibility index (Phi) is 5.10. The first-order valence-electron chi connectivity index (χ1n) is 8.48. The second-order valence-electron chi connectivity index (χ2n) is 6.77. The van der Waals surface area contributed by atoms with E-state index in [1.54, 1.807) is 0 Å². The summed E-state index contributed by atoms with van der Waals surface area (Å²) in [4.78, 5) is 5.01. The van der Waals surface area contributed by atoms with Crippen molar-refractivity contribution in [2.45, 2.75) is 51.1 Å². The summed E-state index contributed by atoms with van der Waals surface area (Å²) in [7, 11) is 2.16. The summed E-state index contributed by atoms with van der Waals surface area (Å²) in [5.41, 5.74) is 0.297. The van der Waals surface area contributed by atoms with Gasteiger partial charge >= 0.3 is 0 Å². The Hall–Kier alpha value is -0.980. The minimum Gasteiger partial charge on any atom is -0.424 e. The third-order valence-corrected chi connectivity index (χ3v) is 5.00. The Morgan fingerprint density at radius 1 is 1.14 bits per heavy atom. The highest BCUT2D eigenvalue weighted by molar-refractivity contribution is 4.96. The molecule has 6 heteroatoms. The predicted molar refractivity (Wildman–Crippen MR) is 83.6 cm³/mol. The Morgan fingerprint density at radius 3 is 2.50 bits per heavy atom. The van der Waals surface area contributed by atoms with E-state index < -0.39 is 0 Å². The first kappa shape index (κ1) is 15.9. The molecule has 2 aliphatic rings. The SMILES string of the molecule is Cc1nnc(CN(C)CC2(N3CCOCC3)CCCCC2)o1. The van der Waals surface area contributed by atoms with Crippen LogP contribution in [0, 0.1) is 6.92 Å². The van der Waals surface area contributed by atoms with Crippen LogP contribution in [0.3, 0.4) is 0 Å². The number of hydrogen-bond acceptors (Lipinski definition) is 6. The van der Waals surface area contributed by atoms with Crippen molar-refractivity contribution in [2.24, 2.45) is 0 Å². The number of nitrogens with zero attached hydrogens (tertiary/aromatic N) is 4. The molecule has 0 N–H and O–H groups in total. The topological polar surface area (TPSA) is 54.6 Å². The maximum atomic E-state index is 5.55. The van der Waals surface area contributed by atoms with E-state index >= 15 is 0 Å². The van der Waals surface area contributed by atoms with Crippen molar-refractivity contribution in [3.63, 3.8) is 0 Å². The Balaban J connectivity index is 1.66. The van der Waals surface area contributed by atoms with E-state index in [1.165, 1.54) is 32.1 Å². The van der Waals surface area contributed by atoms with Gasteiger partial charge in [-0.15, -0.1) is 10.2 Å². The number of morpholine rings is 1. The van der Waals surface area contributed by atoms with Gasteiger partial charge in [0, 0.05) is 32.1 Å². The summed E-state index contributed by atoms with van der Waals surface area (Å²) in [5, 5.41) is 8.05. The first-order chi connectivity index (χ1) is 10.7. The second kappa shape index (κ2) is 7.06. The van der Waals surface area contributed by atoms with Crippen molar-refractivity contribution in [3.8, 4) is 0 Å². The highest BCUT2D eigenvalue weighted by Crippen LogP contribution is 2.35. The molecule has 22 heavy (non-hydrogen) atoms. The van der Waals surface area contributed by atoms with Gasteiger partial charge in [0.15, 0.2) is 0 Å². The molecule has 124 valence electrons. The number of aromatic nitrogens is 2. The van der Waals surface area contributed by atoms with Gasteiger partial charge in [-0.25, -0.2) is 0 Å². The van der Waals surface area contributed by atoms with Crippen LogP contribution in [0.1, 0.15) is 43.9 Å². The first-order valence-corrected chi connectivity index (χ1v) is 8.48. The molecule has 0 atom stereocenters. The monoisotopic (exact) mass is 308 g/mol. The molecule has 1 aromatic rings. The van der Waals surface area contributed by atoms with Crippen molar-refractivity contribution in [3.05, 3.63) is 11.8 Å². The largest absolute Gasteiger partial charge is 0.424 e. The number of likely N-dealkylation sites (N-methyl/N-ethyl adjacent to an activating group) is 1. The van der Waals surface area contributed by atoms with Crippen molar-refractivity contribution >= 4 is 0 Å². The van der Waals surface area contributed by atoms with Crippen molar-refractivity contribution in [1.82, 2.24) is 20.0 Å². The van der Waals surface area contributed by atoms with Gasteiger partial charge in [-0.3, -0.25) is 9.80 Å². The van der Waals surface area contributed by atoms with Crippen molar-refractivity contribution in [1.29, 1.82) is 0 Å². The lowest BCUT2D eigenvalue weighted by Gasteiger charge is -2.49. The van der Waals surface area contributed by atoms with Gasteiger partial charge in [0.05, 0.1) is 19.8 Å². The zero-order valence-electron chi connectivity index (χ0n) is 13.9. The summed E-state index contributed by atoms with van der Waals surface area (Å²) in [6.07, 6.45) is 6.63. The smallest absolute Gasteiger partial charge is 0.230 e. The van der Waals surface area contributed by atoms with Crippen LogP contribution in [0.15, 0.2) is 4.42 Å². The zero-order valence-corrected chi connectivity index (χ0v) is 13.9. The number of rotatable bonds is 5. The van der Waals surface area contributed by atoms with E-state index in [-0.39, 0.29) is 0 Å². The Morgan fingerprint density at radius 2 is 1.86 bits per heavy atom. The molecule has 1 aromatic heterocycles. The molecule has 0 amide bonds. The molecule has 1 aliphatic carbocycles. The molecule has 0 bridgehead atoms. The third kappa shape index (κ3) is 3.67. The van der Waals surface area contributed by atoms with Crippen LogP contribution >= 0.6 is 0 Å². The molecule has 2 heterocycles. The van der Waals surface area contributed by atoms with Crippen LogP contribution in [0.25, 0.3) is 0 Å².